The molecule has 0 heterocycles. The molecular formula is C27H36N6O13S. The highest BCUT2D eigenvalue weighted by molar-refractivity contribution is 7.80. The Morgan fingerprint density at radius 1 is 0.660 bits per heavy atom. The SMILES string of the molecule is N[C@@H](CNC(=O)CC[C@@H](NC(=O)CC[C@H](NC(=O)c1ccccc1)C(=O)O)C(=O)O)C(=O)N[C@@H](CC(=O)O)C(=O)N[C@@H](CS)C(=O)O. The summed E-state index contributed by atoms with van der Waals surface area (Å²) in [5, 5.41) is 47.7. The Morgan fingerprint density at radius 2 is 1.17 bits per heavy atom. The molecule has 0 radical (unpaired) electrons. The number of benzene rings is 1. The number of carboxylic acid groups (broad SMARTS) is 4. The topological polar surface area (TPSA) is 321 Å². The summed E-state index contributed by atoms with van der Waals surface area (Å²) in [5.41, 5.74) is 5.90. The molecule has 5 atom stereocenters. The number of carboxylic acids is 4. The van der Waals surface area contributed by atoms with Gasteiger partial charge in [0.15, 0.2) is 0 Å². The van der Waals surface area contributed by atoms with Crippen LogP contribution in [-0.2, 0) is 38.4 Å². The lowest BCUT2D eigenvalue weighted by molar-refractivity contribution is -0.143. The van der Waals surface area contributed by atoms with Crippen LogP contribution in [-0.4, -0.2) is 116 Å². The van der Waals surface area contributed by atoms with Crippen molar-refractivity contribution in [1.29, 1.82) is 0 Å². The van der Waals surface area contributed by atoms with Crippen LogP contribution in [0.4, 0.5) is 0 Å². The molecule has 11 N–H and O–H groups in total. The first kappa shape index (κ1) is 39.8. The molecule has 1 rings (SSSR count). The Bertz CT molecular complexity index is 1330. The maximum Gasteiger partial charge on any atom is 0.327 e. The van der Waals surface area contributed by atoms with E-state index in [0.29, 0.717) is 0 Å². The van der Waals surface area contributed by atoms with Gasteiger partial charge in [-0.3, -0.25) is 28.8 Å². The summed E-state index contributed by atoms with van der Waals surface area (Å²) < 4.78 is 0. The highest BCUT2D eigenvalue weighted by Gasteiger charge is 2.30. The van der Waals surface area contributed by atoms with Crippen molar-refractivity contribution < 1.29 is 63.6 Å². The van der Waals surface area contributed by atoms with E-state index >= 15 is 0 Å². The summed E-state index contributed by atoms with van der Waals surface area (Å²) in [6, 6.07) is 0.0165. The maximum absolute atomic E-state index is 12.4. The third-order valence-corrected chi connectivity index (χ3v) is 6.62. The molecule has 0 bridgehead atoms. The van der Waals surface area contributed by atoms with Crippen LogP contribution in [0.1, 0.15) is 42.5 Å². The van der Waals surface area contributed by atoms with E-state index < -0.39 is 116 Å². The number of nitrogens with one attached hydrogen (secondary N) is 5. The van der Waals surface area contributed by atoms with Gasteiger partial charge in [-0.2, -0.15) is 12.6 Å². The van der Waals surface area contributed by atoms with Crippen LogP contribution < -0.4 is 32.3 Å². The lowest BCUT2D eigenvalue weighted by Gasteiger charge is -2.21. The fourth-order valence-electron chi connectivity index (χ4n) is 3.69. The molecule has 1 aromatic rings. The number of hydrogen-bond donors (Lipinski definition) is 11. The van der Waals surface area contributed by atoms with Crippen LogP contribution >= 0.6 is 12.6 Å². The second-order valence-electron chi connectivity index (χ2n) is 9.92. The number of aliphatic carboxylic acids is 4. The molecule has 47 heavy (non-hydrogen) atoms. The predicted molar refractivity (Wildman–Crippen MR) is 162 cm³/mol. The molecule has 0 aliphatic heterocycles. The van der Waals surface area contributed by atoms with Gasteiger partial charge >= 0.3 is 23.9 Å². The fraction of sp³-hybridized carbons (Fsp3) is 0.444. The molecule has 0 aliphatic carbocycles. The van der Waals surface area contributed by atoms with Crippen molar-refractivity contribution in [2.45, 2.75) is 62.3 Å². The molecular weight excluding hydrogens is 648 g/mol. The van der Waals surface area contributed by atoms with Crippen molar-refractivity contribution >= 4 is 66.0 Å². The van der Waals surface area contributed by atoms with Gasteiger partial charge in [0.1, 0.15) is 30.2 Å². The molecule has 0 aromatic heterocycles. The molecule has 20 heteroatoms. The third-order valence-electron chi connectivity index (χ3n) is 6.26. The Labute approximate surface area is 272 Å². The average Bonchev–Trinajstić information content (AvgIpc) is 3.01. The van der Waals surface area contributed by atoms with Crippen molar-refractivity contribution in [1.82, 2.24) is 26.6 Å². The largest absolute Gasteiger partial charge is 0.481 e. The van der Waals surface area contributed by atoms with Crippen molar-refractivity contribution in [2.75, 3.05) is 12.3 Å². The Hall–Kier alpha value is -5.24. The van der Waals surface area contributed by atoms with Gasteiger partial charge in [0.2, 0.25) is 23.6 Å². The molecule has 0 saturated carbocycles. The number of carbonyl (C=O) groups excluding carboxylic acids is 5. The first-order chi connectivity index (χ1) is 22.0. The van der Waals surface area contributed by atoms with Gasteiger partial charge in [0, 0.05) is 30.7 Å². The van der Waals surface area contributed by atoms with E-state index in [9.17, 15) is 53.4 Å². The Morgan fingerprint density at radius 3 is 1.68 bits per heavy atom. The minimum absolute atomic E-state index is 0.194. The summed E-state index contributed by atoms with van der Waals surface area (Å²) >= 11 is 3.77. The van der Waals surface area contributed by atoms with Crippen LogP contribution in [0.5, 0.6) is 0 Å². The van der Waals surface area contributed by atoms with E-state index in [-0.39, 0.29) is 17.7 Å². The minimum Gasteiger partial charge on any atom is -0.481 e. The smallest absolute Gasteiger partial charge is 0.327 e. The highest BCUT2D eigenvalue weighted by Crippen LogP contribution is 2.05. The molecule has 0 unspecified atom stereocenters. The van der Waals surface area contributed by atoms with Gasteiger partial charge in [-0.1, -0.05) is 18.2 Å². The quantitative estimate of drug-likeness (QED) is 0.0572. The third kappa shape index (κ3) is 15.1. The van der Waals surface area contributed by atoms with Crippen molar-refractivity contribution in [2.24, 2.45) is 5.73 Å². The lowest BCUT2D eigenvalue weighted by Crippen LogP contribution is -2.57. The maximum atomic E-state index is 12.4. The van der Waals surface area contributed by atoms with Crippen LogP contribution in [0.3, 0.4) is 0 Å². The van der Waals surface area contributed by atoms with Gasteiger partial charge in [0.25, 0.3) is 5.91 Å². The molecule has 5 amide bonds. The molecule has 0 saturated heterocycles. The molecule has 258 valence electrons. The monoisotopic (exact) mass is 684 g/mol. The lowest BCUT2D eigenvalue weighted by atomic mass is 10.1. The fourth-order valence-corrected chi connectivity index (χ4v) is 3.94. The second kappa shape index (κ2) is 20.0. The highest BCUT2D eigenvalue weighted by atomic mass is 32.1. The van der Waals surface area contributed by atoms with Crippen molar-refractivity contribution in [3.05, 3.63) is 35.9 Å². The van der Waals surface area contributed by atoms with E-state index in [2.05, 4.69) is 33.9 Å². The zero-order valence-electron chi connectivity index (χ0n) is 24.7. The van der Waals surface area contributed by atoms with Crippen LogP contribution in [0.25, 0.3) is 0 Å². The molecule has 1 aromatic carbocycles. The normalized spacial score (nSPS) is 13.7. The van der Waals surface area contributed by atoms with E-state index in [1.165, 1.54) is 12.1 Å². The summed E-state index contributed by atoms with van der Waals surface area (Å²) in [5.74, 6) is -10.7. The van der Waals surface area contributed by atoms with Crippen LogP contribution in [0.2, 0.25) is 0 Å². The van der Waals surface area contributed by atoms with Gasteiger partial charge < -0.3 is 52.7 Å². The minimum atomic E-state index is -1.71. The zero-order chi connectivity index (χ0) is 35.7. The molecule has 19 nitrogen and oxygen atoms in total. The van der Waals surface area contributed by atoms with Gasteiger partial charge in [-0.15, -0.1) is 0 Å². The van der Waals surface area contributed by atoms with Crippen LogP contribution in [0.15, 0.2) is 30.3 Å². The second-order valence-corrected chi connectivity index (χ2v) is 10.3. The van der Waals surface area contributed by atoms with E-state index in [1.807, 2.05) is 5.32 Å². The van der Waals surface area contributed by atoms with Gasteiger partial charge in [-0.25, -0.2) is 14.4 Å². The van der Waals surface area contributed by atoms with Crippen molar-refractivity contribution in [3.63, 3.8) is 0 Å². The standard InChI is InChI=1S/C27H36N6O13S/c28-14(23(39)32-17(10-21(36)37)24(40)33-18(12-47)27(45)46)11-29-19(34)8-6-15(25(41)42)30-20(35)9-7-16(26(43)44)31-22(38)13-4-2-1-3-5-13/h1-5,14-18,47H,6-12,28H2,(H,29,34)(H,30,35)(H,31,38)(H,32,39)(H,33,40)(H,36,37)(H,41,42)(H,43,44)(H,45,46)/t14-,15+,16-,17-,18-/m0/s1. The van der Waals surface area contributed by atoms with E-state index in [1.54, 1.807) is 18.2 Å². The van der Waals surface area contributed by atoms with E-state index in [4.69, 9.17) is 15.9 Å². The number of amides is 5. The molecule has 0 fully saturated rings. The van der Waals surface area contributed by atoms with Gasteiger partial charge in [0.05, 0.1) is 6.42 Å². The van der Waals surface area contributed by atoms with Crippen molar-refractivity contribution in [3.8, 4) is 0 Å². The number of thiol groups is 1. The molecule has 0 aliphatic rings. The number of nitrogens with two attached hydrogens (primary N) is 1. The first-order valence-electron chi connectivity index (χ1n) is 13.8. The number of carbonyl (C=O) groups is 9. The molecule has 0 spiro atoms. The number of rotatable bonds is 21. The summed E-state index contributed by atoms with van der Waals surface area (Å²) in [6.45, 7) is -0.532. The van der Waals surface area contributed by atoms with Gasteiger partial charge in [-0.05, 0) is 25.0 Å². The Balaban J connectivity index is 2.61. The predicted octanol–water partition coefficient (Wildman–Crippen LogP) is -3.10. The summed E-state index contributed by atoms with van der Waals surface area (Å²) in [4.78, 5) is 107. The number of hydrogen-bond acceptors (Lipinski definition) is 11. The van der Waals surface area contributed by atoms with E-state index in [0.717, 1.165) is 0 Å². The summed E-state index contributed by atoms with van der Waals surface area (Å²) in [6.07, 6.45) is -2.65. The first-order valence-corrected chi connectivity index (χ1v) is 14.5. The summed E-state index contributed by atoms with van der Waals surface area (Å²) in [7, 11) is 0. The average molecular weight is 685 g/mol. The Kier molecular flexibility index (Phi) is 16.9. The zero-order valence-corrected chi connectivity index (χ0v) is 25.6. The van der Waals surface area contributed by atoms with Crippen LogP contribution in [0, 0.1) is 0 Å².